The van der Waals surface area contributed by atoms with E-state index in [1.54, 1.807) is 22.6 Å². The zero-order valence-electron chi connectivity index (χ0n) is 11.3. The molecular weight excluding hydrogens is 274 g/mol. The Morgan fingerprint density at radius 1 is 1.35 bits per heavy atom. The topological polar surface area (TPSA) is 67.2 Å². The minimum Gasteiger partial charge on any atom is -0.396 e. The fourth-order valence-electron chi connectivity index (χ4n) is 1.88. The van der Waals surface area contributed by atoms with E-state index in [9.17, 15) is 4.79 Å². The average Bonchev–Trinajstić information content (AvgIpc) is 2.86. The van der Waals surface area contributed by atoms with Gasteiger partial charge in [0.1, 0.15) is 6.54 Å². The molecule has 6 heteroatoms. The van der Waals surface area contributed by atoms with Crippen LogP contribution in [0.1, 0.15) is 6.42 Å². The molecule has 2 aromatic rings. The second-order valence-corrected chi connectivity index (χ2v) is 5.63. The van der Waals surface area contributed by atoms with E-state index in [0.29, 0.717) is 6.54 Å². The van der Waals surface area contributed by atoms with Crippen LogP contribution in [0.5, 0.6) is 0 Å². The molecule has 2 N–H and O–H groups in total. The van der Waals surface area contributed by atoms with Gasteiger partial charge >= 0.3 is 0 Å². The number of carbonyl (C=O) groups is 1. The zero-order chi connectivity index (χ0) is 14.2. The first-order valence-corrected chi connectivity index (χ1v) is 7.82. The molecule has 0 aliphatic heterocycles. The van der Waals surface area contributed by atoms with Crippen molar-refractivity contribution in [1.29, 1.82) is 0 Å². The summed E-state index contributed by atoms with van der Waals surface area (Å²) in [6, 6.07) is 7.84. The summed E-state index contributed by atoms with van der Waals surface area (Å²) in [7, 11) is 0. The van der Waals surface area contributed by atoms with Crippen LogP contribution < -0.4 is 5.32 Å². The zero-order valence-corrected chi connectivity index (χ0v) is 12.1. The van der Waals surface area contributed by atoms with Gasteiger partial charge in [0.05, 0.1) is 11.7 Å². The van der Waals surface area contributed by atoms with Crippen molar-refractivity contribution < 1.29 is 9.90 Å². The lowest BCUT2D eigenvalue weighted by molar-refractivity contribution is -0.121. The summed E-state index contributed by atoms with van der Waals surface area (Å²) in [6.07, 6.45) is 2.57. The Morgan fingerprint density at radius 2 is 2.20 bits per heavy atom. The Hall–Kier alpha value is -1.53. The second-order valence-electron chi connectivity index (χ2n) is 4.40. The molecule has 1 amide bonds. The van der Waals surface area contributed by atoms with Crippen molar-refractivity contribution >= 4 is 28.6 Å². The van der Waals surface area contributed by atoms with Gasteiger partial charge in [-0.05, 0) is 18.2 Å². The average molecular weight is 293 g/mol. The number of para-hydroxylation sites is 1. The van der Waals surface area contributed by atoms with Crippen molar-refractivity contribution in [3.63, 3.8) is 0 Å². The number of thioether (sulfide) groups is 1. The van der Waals surface area contributed by atoms with Crippen LogP contribution in [0.25, 0.3) is 10.9 Å². The van der Waals surface area contributed by atoms with Gasteiger partial charge in [0.15, 0.2) is 0 Å². The van der Waals surface area contributed by atoms with Gasteiger partial charge in [0, 0.05) is 24.3 Å². The molecule has 5 nitrogen and oxygen atoms in total. The molecule has 0 saturated carbocycles. The lowest BCUT2D eigenvalue weighted by atomic mass is 10.2. The SMILES string of the molecule is O=C(Cn1ncc2ccccc21)NCCSCCCO. The van der Waals surface area contributed by atoms with Crippen molar-refractivity contribution in [3.8, 4) is 0 Å². The van der Waals surface area contributed by atoms with Gasteiger partial charge in [-0.3, -0.25) is 9.48 Å². The molecule has 1 aromatic heterocycles. The van der Waals surface area contributed by atoms with E-state index >= 15 is 0 Å². The summed E-state index contributed by atoms with van der Waals surface area (Å²) in [5.41, 5.74) is 0.972. The van der Waals surface area contributed by atoms with E-state index in [2.05, 4.69) is 10.4 Å². The van der Waals surface area contributed by atoms with Crippen LogP contribution in [0.15, 0.2) is 30.5 Å². The van der Waals surface area contributed by atoms with E-state index in [1.807, 2.05) is 24.3 Å². The van der Waals surface area contributed by atoms with E-state index < -0.39 is 0 Å². The van der Waals surface area contributed by atoms with E-state index in [0.717, 1.165) is 28.8 Å². The number of aliphatic hydroxyl groups excluding tert-OH is 1. The Balaban J connectivity index is 1.74. The van der Waals surface area contributed by atoms with Crippen molar-refractivity contribution in [3.05, 3.63) is 30.5 Å². The van der Waals surface area contributed by atoms with E-state index in [4.69, 9.17) is 5.11 Å². The Labute approximate surface area is 122 Å². The lowest BCUT2D eigenvalue weighted by Gasteiger charge is -2.06. The highest BCUT2D eigenvalue weighted by Crippen LogP contribution is 2.12. The van der Waals surface area contributed by atoms with Gasteiger partial charge in [0.25, 0.3) is 0 Å². The summed E-state index contributed by atoms with van der Waals surface area (Å²) in [5.74, 6) is 1.77. The molecule has 1 heterocycles. The molecule has 0 bridgehead atoms. The van der Waals surface area contributed by atoms with Gasteiger partial charge in [-0.15, -0.1) is 0 Å². The number of benzene rings is 1. The van der Waals surface area contributed by atoms with Gasteiger partial charge in [-0.2, -0.15) is 16.9 Å². The molecule has 0 unspecified atom stereocenters. The Bertz CT molecular complexity index is 556. The summed E-state index contributed by atoms with van der Waals surface area (Å²) in [6.45, 7) is 1.12. The third-order valence-corrected chi connectivity index (χ3v) is 3.93. The molecule has 0 aliphatic carbocycles. The molecule has 0 spiro atoms. The Kier molecular flexibility index (Phi) is 5.88. The van der Waals surface area contributed by atoms with Crippen LogP contribution in [0.4, 0.5) is 0 Å². The molecule has 0 atom stereocenters. The highest BCUT2D eigenvalue weighted by Gasteiger charge is 2.06. The maximum Gasteiger partial charge on any atom is 0.241 e. The molecule has 0 radical (unpaired) electrons. The minimum absolute atomic E-state index is 0.0263. The number of nitrogens with one attached hydrogen (secondary N) is 1. The van der Waals surface area contributed by atoms with Gasteiger partial charge in [-0.25, -0.2) is 0 Å². The lowest BCUT2D eigenvalue weighted by Crippen LogP contribution is -2.29. The summed E-state index contributed by atoms with van der Waals surface area (Å²) >= 11 is 1.73. The van der Waals surface area contributed by atoms with Crippen LogP contribution in [-0.4, -0.2) is 45.5 Å². The molecular formula is C14H19N3O2S. The molecule has 0 saturated heterocycles. The number of nitrogens with zero attached hydrogens (tertiary/aromatic N) is 2. The monoisotopic (exact) mass is 293 g/mol. The normalized spacial score (nSPS) is 10.8. The standard InChI is InChI=1S/C14H19N3O2S/c18-7-3-8-20-9-6-15-14(19)11-17-13-5-2-1-4-12(13)10-16-17/h1-2,4-5,10,18H,3,6-9,11H2,(H,15,19). The summed E-state index contributed by atoms with van der Waals surface area (Å²) in [5, 5.41) is 16.8. The quantitative estimate of drug-likeness (QED) is 0.719. The number of fused-ring (bicyclic) bond motifs is 1. The van der Waals surface area contributed by atoms with Crippen LogP contribution in [-0.2, 0) is 11.3 Å². The number of rotatable bonds is 8. The number of hydrogen-bond acceptors (Lipinski definition) is 4. The van der Waals surface area contributed by atoms with Crippen LogP contribution in [0, 0.1) is 0 Å². The van der Waals surface area contributed by atoms with Crippen LogP contribution in [0.2, 0.25) is 0 Å². The largest absolute Gasteiger partial charge is 0.396 e. The van der Waals surface area contributed by atoms with Crippen molar-refractivity contribution in [2.75, 3.05) is 24.7 Å². The Morgan fingerprint density at radius 3 is 3.05 bits per heavy atom. The third-order valence-electron chi connectivity index (χ3n) is 2.86. The first-order chi connectivity index (χ1) is 9.81. The first-order valence-electron chi connectivity index (χ1n) is 6.67. The number of hydrogen-bond donors (Lipinski definition) is 2. The first kappa shape index (κ1) is 14.9. The summed E-state index contributed by atoms with van der Waals surface area (Å²) in [4.78, 5) is 11.8. The minimum atomic E-state index is -0.0263. The molecule has 2 rings (SSSR count). The fourth-order valence-corrected chi connectivity index (χ4v) is 2.66. The molecule has 20 heavy (non-hydrogen) atoms. The maximum atomic E-state index is 11.8. The fraction of sp³-hybridized carbons (Fsp3) is 0.429. The number of aliphatic hydroxyl groups is 1. The second kappa shape index (κ2) is 7.91. The van der Waals surface area contributed by atoms with Gasteiger partial charge in [0.2, 0.25) is 5.91 Å². The highest BCUT2D eigenvalue weighted by atomic mass is 32.2. The predicted octanol–water partition coefficient (Wildman–Crippen LogP) is 1.27. The maximum absolute atomic E-state index is 11.8. The third kappa shape index (κ3) is 4.25. The predicted molar refractivity (Wildman–Crippen MR) is 81.8 cm³/mol. The molecule has 0 fully saturated rings. The number of aromatic nitrogens is 2. The van der Waals surface area contributed by atoms with E-state index in [-0.39, 0.29) is 19.1 Å². The molecule has 0 aliphatic rings. The number of carbonyl (C=O) groups excluding carboxylic acids is 1. The number of amides is 1. The highest BCUT2D eigenvalue weighted by molar-refractivity contribution is 7.99. The van der Waals surface area contributed by atoms with Crippen molar-refractivity contribution in [2.45, 2.75) is 13.0 Å². The van der Waals surface area contributed by atoms with Crippen molar-refractivity contribution in [1.82, 2.24) is 15.1 Å². The van der Waals surface area contributed by atoms with Crippen LogP contribution in [0.3, 0.4) is 0 Å². The molecule has 1 aromatic carbocycles. The van der Waals surface area contributed by atoms with Gasteiger partial charge in [-0.1, -0.05) is 18.2 Å². The molecule has 108 valence electrons. The van der Waals surface area contributed by atoms with Gasteiger partial charge < -0.3 is 10.4 Å². The smallest absolute Gasteiger partial charge is 0.241 e. The summed E-state index contributed by atoms with van der Waals surface area (Å²) < 4.78 is 1.71. The van der Waals surface area contributed by atoms with Crippen molar-refractivity contribution in [2.24, 2.45) is 0 Å². The van der Waals surface area contributed by atoms with E-state index in [1.165, 1.54) is 0 Å². The van der Waals surface area contributed by atoms with Crippen LogP contribution >= 0.6 is 11.8 Å².